The van der Waals surface area contributed by atoms with Gasteiger partial charge in [0.2, 0.25) is 11.8 Å². The van der Waals surface area contributed by atoms with Crippen LogP contribution in [0.2, 0.25) is 0 Å². The van der Waals surface area contributed by atoms with Crippen LogP contribution in [0.15, 0.2) is 48.7 Å². The number of carbonyl (C=O) groups is 1. The second kappa shape index (κ2) is 9.80. The molecule has 1 fully saturated rings. The Morgan fingerprint density at radius 1 is 1.30 bits per heavy atom. The minimum absolute atomic E-state index is 0.318. The molecule has 3 rings (SSSR count). The molecule has 27 heavy (non-hydrogen) atoms. The van der Waals surface area contributed by atoms with Gasteiger partial charge in [0.1, 0.15) is 12.4 Å². The molecule has 7 heteroatoms. The summed E-state index contributed by atoms with van der Waals surface area (Å²) in [5.74, 6) is -0.149. The summed E-state index contributed by atoms with van der Waals surface area (Å²) in [7, 11) is 0. The van der Waals surface area contributed by atoms with E-state index in [1.54, 1.807) is 30.3 Å². The first-order valence-corrected chi connectivity index (χ1v) is 8.83. The average molecular weight is 371 g/mol. The lowest BCUT2D eigenvalue weighted by atomic mass is 10.2. The van der Waals surface area contributed by atoms with Crippen LogP contribution < -0.4 is 10.1 Å². The van der Waals surface area contributed by atoms with Crippen molar-refractivity contribution in [3.05, 3.63) is 60.1 Å². The molecule has 0 unspecified atom stereocenters. The maximum Gasteiger partial charge on any atom is 0.248 e. The molecule has 1 aliphatic rings. The third kappa shape index (κ3) is 6.47. The van der Waals surface area contributed by atoms with Crippen molar-refractivity contribution in [2.45, 2.75) is 0 Å². The van der Waals surface area contributed by atoms with Gasteiger partial charge in [0.05, 0.1) is 25.1 Å². The number of benzene rings is 1. The van der Waals surface area contributed by atoms with Gasteiger partial charge in [-0.2, -0.15) is 0 Å². The van der Waals surface area contributed by atoms with E-state index in [-0.39, 0.29) is 11.7 Å². The van der Waals surface area contributed by atoms with Crippen molar-refractivity contribution in [2.24, 2.45) is 0 Å². The lowest BCUT2D eigenvalue weighted by Gasteiger charge is -2.26. The van der Waals surface area contributed by atoms with Gasteiger partial charge in [0.25, 0.3) is 0 Å². The third-order valence-corrected chi connectivity index (χ3v) is 4.04. The molecule has 0 aliphatic carbocycles. The van der Waals surface area contributed by atoms with Crippen molar-refractivity contribution in [3.8, 4) is 5.88 Å². The summed E-state index contributed by atoms with van der Waals surface area (Å²) >= 11 is 0. The van der Waals surface area contributed by atoms with Crippen LogP contribution >= 0.6 is 0 Å². The number of hydrogen-bond donors (Lipinski definition) is 1. The number of carbonyl (C=O) groups excluding carboxylic acids is 1. The highest BCUT2D eigenvalue weighted by molar-refractivity contribution is 6.01. The molecule has 1 saturated heterocycles. The van der Waals surface area contributed by atoms with Crippen molar-refractivity contribution in [2.75, 3.05) is 44.8 Å². The minimum atomic E-state index is -0.342. The summed E-state index contributed by atoms with van der Waals surface area (Å²) in [4.78, 5) is 18.4. The molecule has 1 N–H and O–H groups in total. The number of nitrogens with zero attached hydrogens (tertiary/aromatic N) is 2. The Kier molecular flexibility index (Phi) is 6.90. The van der Waals surface area contributed by atoms with Gasteiger partial charge in [-0.05, 0) is 29.8 Å². The van der Waals surface area contributed by atoms with E-state index in [1.807, 2.05) is 0 Å². The van der Waals surface area contributed by atoms with Gasteiger partial charge in [-0.25, -0.2) is 9.37 Å². The highest BCUT2D eigenvalue weighted by Gasteiger charge is 2.09. The molecule has 2 heterocycles. The Morgan fingerprint density at radius 2 is 2.15 bits per heavy atom. The summed E-state index contributed by atoms with van der Waals surface area (Å²) < 4.78 is 24.0. The molecule has 0 atom stereocenters. The quantitative estimate of drug-likeness (QED) is 0.758. The van der Waals surface area contributed by atoms with Crippen LogP contribution in [0.4, 0.5) is 10.1 Å². The van der Waals surface area contributed by atoms with Crippen LogP contribution in [0.25, 0.3) is 6.08 Å². The lowest BCUT2D eigenvalue weighted by molar-refractivity contribution is -0.111. The highest BCUT2D eigenvalue weighted by Crippen LogP contribution is 2.12. The lowest BCUT2D eigenvalue weighted by Crippen LogP contribution is -2.38. The van der Waals surface area contributed by atoms with E-state index in [4.69, 9.17) is 9.47 Å². The van der Waals surface area contributed by atoms with Crippen LogP contribution in [0.1, 0.15) is 5.56 Å². The molecule has 0 radical (unpaired) electrons. The number of pyridine rings is 1. The largest absolute Gasteiger partial charge is 0.476 e. The molecule has 1 amide bonds. The molecule has 142 valence electrons. The summed E-state index contributed by atoms with van der Waals surface area (Å²) in [5.41, 5.74) is 1.18. The number of ether oxygens (including phenoxy) is 2. The first-order chi connectivity index (χ1) is 13.2. The number of aromatic nitrogens is 1. The summed E-state index contributed by atoms with van der Waals surface area (Å²) in [6.07, 6.45) is 4.44. The normalized spacial score (nSPS) is 15.0. The minimum Gasteiger partial charge on any atom is -0.476 e. The van der Waals surface area contributed by atoms with Gasteiger partial charge in [0.15, 0.2) is 0 Å². The predicted octanol–water partition coefficient (Wildman–Crippen LogP) is 2.58. The molecule has 0 bridgehead atoms. The standard InChI is InChI=1S/C20H22FN3O3/c21-17-3-1-2-16(14-17)4-6-19(25)23-18-5-7-20(22-15-18)27-13-10-24-8-11-26-12-9-24/h1-7,14-15H,8-13H2,(H,23,25)/b6-4+. The van der Waals surface area contributed by atoms with Crippen LogP contribution in [0.3, 0.4) is 0 Å². The monoisotopic (exact) mass is 371 g/mol. The average Bonchev–Trinajstić information content (AvgIpc) is 2.69. The van der Waals surface area contributed by atoms with Crippen LogP contribution in [0, 0.1) is 5.82 Å². The Hall–Kier alpha value is -2.77. The number of hydrogen-bond acceptors (Lipinski definition) is 5. The number of nitrogens with one attached hydrogen (secondary N) is 1. The zero-order chi connectivity index (χ0) is 18.9. The van der Waals surface area contributed by atoms with Crippen LogP contribution in [-0.4, -0.2) is 55.2 Å². The number of rotatable bonds is 7. The summed E-state index contributed by atoms with van der Waals surface area (Å²) in [6.45, 7) is 4.75. The van der Waals surface area contributed by atoms with Crippen molar-refractivity contribution >= 4 is 17.7 Å². The van der Waals surface area contributed by atoms with Gasteiger partial charge in [0, 0.05) is 31.8 Å². The number of anilines is 1. The zero-order valence-corrected chi connectivity index (χ0v) is 14.9. The first kappa shape index (κ1) is 19.0. The van der Waals surface area contributed by atoms with Gasteiger partial charge >= 0.3 is 0 Å². The molecule has 0 spiro atoms. The molecule has 2 aromatic rings. The van der Waals surface area contributed by atoms with E-state index in [0.717, 1.165) is 32.8 Å². The first-order valence-electron chi connectivity index (χ1n) is 8.83. The Labute approximate surface area is 157 Å². The Bertz CT molecular complexity index is 774. The van der Waals surface area contributed by atoms with Gasteiger partial charge in [-0.15, -0.1) is 0 Å². The Balaban J connectivity index is 1.43. The van der Waals surface area contributed by atoms with E-state index < -0.39 is 0 Å². The molecule has 0 saturated carbocycles. The predicted molar refractivity (Wildman–Crippen MR) is 101 cm³/mol. The van der Waals surface area contributed by atoms with E-state index >= 15 is 0 Å². The van der Waals surface area contributed by atoms with Crippen molar-refractivity contribution in [1.29, 1.82) is 0 Å². The number of halogens is 1. The van der Waals surface area contributed by atoms with Crippen molar-refractivity contribution < 1.29 is 18.7 Å². The van der Waals surface area contributed by atoms with Crippen molar-refractivity contribution in [3.63, 3.8) is 0 Å². The van der Waals surface area contributed by atoms with E-state index in [1.165, 1.54) is 24.4 Å². The smallest absolute Gasteiger partial charge is 0.248 e. The fourth-order valence-corrected chi connectivity index (χ4v) is 2.61. The highest BCUT2D eigenvalue weighted by atomic mass is 19.1. The fraction of sp³-hybridized carbons (Fsp3) is 0.300. The van der Waals surface area contributed by atoms with Crippen LogP contribution in [-0.2, 0) is 9.53 Å². The molecule has 1 aromatic carbocycles. The summed E-state index contributed by atoms with van der Waals surface area (Å²) in [6, 6.07) is 9.46. The second-order valence-corrected chi connectivity index (χ2v) is 6.07. The third-order valence-electron chi connectivity index (χ3n) is 4.04. The Morgan fingerprint density at radius 3 is 2.89 bits per heavy atom. The van der Waals surface area contributed by atoms with E-state index in [2.05, 4.69) is 15.2 Å². The second-order valence-electron chi connectivity index (χ2n) is 6.07. The SMILES string of the molecule is O=C(/C=C/c1cccc(F)c1)Nc1ccc(OCCN2CCOCC2)nc1. The molecule has 1 aliphatic heterocycles. The van der Waals surface area contributed by atoms with Gasteiger partial charge < -0.3 is 14.8 Å². The molecular formula is C20H22FN3O3. The van der Waals surface area contributed by atoms with Gasteiger partial charge in [-0.3, -0.25) is 9.69 Å². The van der Waals surface area contributed by atoms with E-state index in [9.17, 15) is 9.18 Å². The number of amides is 1. The maximum atomic E-state index is 13.1. The number of morpholine rings is 1. The fourth-order valence-electron chi connectivity index (χ4n) is 2.61. The van der Waals surface area contributed by atoms with E-state index in [0.29, 0.717) is 23.7 Å². The zero-order valence-electron chi connectivity index (χ0n) is 14.9. The van der Waals surface area contributed by atoms with Crippen LogP contribution in [0.5, 0.6) is 5.88 Å². The molecular weight excluding hydrogens is 349 g/mol. The van der Waals surface area contributed by atoms with Crippen molar-refractivity contribution in [1.82, 2.24) is 9.88 Å². The molecule has 1 aromatic heterocycles. The topological polar surface area (TPSA) is 63.7 Å². The summed E-state index contributed by atoms with van der Waals surface area (Å²) in [5, 5.41) is 2.70. The maximum absolute atomic E-state index is 13.1. The van der Waals surface area contributed by atoms with Gasteiger partial charge in [-0.1, -0.05) is 12.1 Å². The molecule has 6 nitrogen and oxygen atoms in total.